The molecule has 1 rings (SSSR count). The van der Waals surface area contributed by atoms with Crippen LogP contribution in [0.5, 0.6) is 0 Å². The molecule has 1 aromatic heterocycles. The monoisotopic (exact) mass is 292 g/mol. The number of aromatic nitrogens is 2. The van der Waals surface area contributed by atoms with Crippen molar-refractivity contribution >= 4 is 0 Å². The van der Waals surface area contributed by atoms with Crippen molar-refractivity contribution in [2.75, 3.05) is 4.43 Å². The summed E-state index contributed by atoms with van der Waals surface area (Å²) in [4.78, 5) is 24.8. The topological polar surface area (TPSA) is 78.7 Å². The van der Waals surface area contributed by atoms with Gasteiger partial charge in [0.25, 0.3) is 0 Å². The number of nitriles is 1. The average Bonchev–Trinajstić information content (AvgIpc) is 2.12. The van der Waals surface area contributed by atoms with E-state index in [-0.39, 0.29) is 5.56 Å². The normalized spacial score (nSPS) is 9.85. The van der Waals surface area contributed by atoms with Gasteiger partial charge in [0.15, 0.2) is 0 Å². The van der Waals surface area contributed by atoms with Gasteiger partial charge in [-0.05, 0) is 0 Å². The van der Waals surface area contributed by atoms with Crippen LogP contribution in [0.1, 0.15) is 12.5 Å². The summed E-state index contributed by atoms with van der Waals surface area (Å²) in [7, 11) is 0. The zero-order valence-corrected chi connectivity index (χ0v) is 9.03. The first-order valence-electron chi connectivity index (χ1n) is 3.55. The molecule has 5 nitrogen and oxygen atoms in total. The third kappa shape index (κ3) is 1.98. The Labute approximate surface area is 84.6 Å². The van der Waals surface area contributed by atoms with Crippen molar-refractivity contribution in [3.8, 4) is 6.07 Å². The fourth-order valence-electron chi connectivity index (χ4n) is 0.758. The van der Waals surface area contributed by atoms with Crippen molar-refractivity contribution < 1.29 is 21.5 Å². The van der Waals surface area contributed by atoms with Gasteiger partial charge in [-0.2, -0.15) is 0 Å². The first kappa shape index (κ1) is 9.98. The Morgan fingerprint density at radius 1 is 1.69 bits per heavy atom. The summed E-state index contributed by atoms with van der Waals surface area (Å²) >= 11 is -0.627. The van der Waals surface area contributed by atoms with Gasteiger partial charge in [-0.1, -0.05) is 0 Å². The number of hydrogen-bond acceptors (Lipinski definition) is 3. The van der Waals surface area contributed by atoms with Crippen LogP contribution >= 0.6 is 0 Å². The predicted molar refractivity (Wildman–Crippen MR) is 42.0 cm³/mol. The van der Waals surface area contributed by atoms with Crippen LogP contribution in [-0.2, 0) is 0 Å². The molecule has 0 unspecified atom stereocenters. The molecular weight excluding hydrogens is 285 g/mol. The van der Waals surface area contributed by atoms with E-state index in [2.05, 4.69) is 4.98 Å². The van der Waals surface area contributed by atoms with Crippen LogP contribution in [-0.4, -0.2) is 12.2 Å². The SMILES string of the molecule is CC[I-]n1c(=O)[nH]cc(C#N)c1=O. The molecule has 0 bridgehead atoms. The molecule has 0 aliphatic rings. The molecule has 0 aromatic carbocycles. The van der Waals surface area contributed by atoms with Crippen molar-refractivity contribution in [2.24, 2.45) is 0 Å². The molecule has 0 saturated carbocycles. The molecule has 13 heavy (non-hydrogen) atoms. The van der Waals surface area contributed by atoms with Crippen LogP contribution in [0.25, 0.3) is 0 Å². The Balaban J connectivity index is 3.42. The van der Waals surface area contributed by atoms with E-state index in [0.29, 0.717) is 0 Å². The van der Waals surface area contributed by atoms with Gasteiger partial charge in [0.2, 0.25) is 0 Å². The van der Waals surface area contributed by atoms with Gasteiger partial charge in [0, 0.05) is 0 Å². The first-order chi connectivity index (χ1) is 6.20. The molecule has 1 aromatic rings. The van der Waals surface area contributed by atoms with Gasteiger partial charge in [-0.3, -0.25) is 0 Å². The van der Waals surface area contributed by atoms with E-state index >= 15 is 0 Å². The third-order valence-electron chi connectivity index (χ3n) is 1.29. The minimum absolute atomic E-state index is 0.00671. The van der Waals surface area contributed by atoms with Gasteiger partial charge in [0.05, 0.1) is 0 Å². The van der Waals surface area contributed by atoms with Crippen LogP contribution in [0.3, 0.4) is 0 Å². The van der Waals surface area contributed by atoms with Gasteiger partial charge in [-0.15, -0.1) is 0 Å². The van der Waals surface area contributed by atoms with Gasteiger partial charge in [-0.25, -0.2) is 0 Å². The third-order valence-corrected chi connectivity index (χ3v) is 3.53. The average molecular weight is 292 g/mol. The molecule has 1 heterocycles. The summed E-state index contributed by atoms with van der Waals surface area (Å²) in [6.07, 6.45) is 1.15. The van der Waals surface area contributed by atoms with Crippen LogP contribution < -0.4 is 32.7 Å². The van der Waals surface area contributed by atoms with Crippen LogP contribution in [0.2, 0.25) is 0 Å². The molecule has 0 saturated heterocycles. The fourth-order valence-corrected chi connectivity index (χ4v) is 2.46. The zero-order valence-electron chi connectivity index (χ0n) is 6.87. The molecule has 0 amide bonds. The second-order valence-electron chi connectivity index (χ2n) is 2.09. The standard InChI is InChI=1S/C7H7IN3O2/c1-2-8-11-6(12)5(3-9)4-10-7(11)13/h4H,2H2,1H3,(H,10,13)/q-1. The van der Waals surface area contributed by atoms with Crippen molar-refractivity contribution in [2.45, 2.75) is 6.92 Å². The molecule has 0 aliphatic heterocycles. The summed E-state index contributed by atoms with van der Waals surface area (Å²) in [6.45, 7) is 1.90. The number of rotatable bonds is 2. The number of nitrogens with zero attached hydrogens (tertiary/aromatic N) is 2. The molecule has 70 valence electrons. The fraction of sp³-hybridized carbons (Fsp3) is 0.286. The van der Waals surface area contributed by atoms with Gasteiger partial charge in [0.1, 0.15) is 0 Å². The molecule has 1 N–H and O–H groups in total. The van der Waals surface area contributed by atoms with E-state index in [0.717, 1.165) is 13.4 Å². The first-order valence-corrected chi connectivity index (χ1v) is 6.04. The van der Waals surface area contributed by atoms with Crippen molar-refractivity contribution in [3.05, 3.63) is 32.6 Å². The molecular formula is C7H7IN3O2-. The van der Waals surface area contributed by atoms with Crippen LogP contribution in [0, 0.1) is 11.3 Å². The summed E-state index contributed by atoms with van der Waals surface area (Å²) in [5.41, 5.74) is -0.896. The Morgan fingerprint density at radius 2 is 2.38 bits per heavy atom. The van der Waals surface area contributed by atoms with E-state index < -0.39 is 32.7 Å². The maximum atomic E-state index is 11.4. The number of nitrogens with one attached hydrogen (secondary N) is 1. The number of halogens is 1. The van der Waals surface area contributed by atoms with Crippen molar-refractivity contribution in [1.29, 1.82) is 5.26 Å². The molecule has 0 aliphatic carbocycles. The van der Waals surface area contributed by atoms with Crippen molar-refractivity contribution in [3.63, 3.8) is 0 Å². The van der Waals surface area contributed by atoms with Gasteiger partial charge < -0.3 is 0 Å². The van der Waals surface area contributed by atoms with Crippen LogP contribution in [0.4, 0.5) is 0 Å². The van der Waals surface area contributed by atoms with E-state index in [1.165, 1.54) is 0 Å². The molecule has 6 heteroatoms. The second kappa shape index (κ2) is 4.23. The summed E-state index contributed by atoms with van der Waals surface area (Å²) < 4.78 is 1.92. The molecule has 0 fully saturated rings. The summed E-state index contributed by atoms with van der Waals surface area (Å²) in [5, 5.41) is 8.53. The van der Waals surface area contributed by atoms with E-state index in [4.69, 9.17) is 5.26 Å². The van der Waals surface area contributed by atoms with Crippen molar-refractivity contribution in [1.82, 2.24) is 7.76 Å². The second-order valence-corrected chi connectivity index (χ2v) is 5.26. The molecule has 0 spiro atoms. The predicted octanol–water partition coefficient (Wildman–Crippen LogP) is -3.72. The number of aromatic amines is 1. The Kier molecular flexibility index (Phi) is 3.25. The number of hydrogen-bond donors (Lipinski definition) is 1. The quantitative estimate of drug-likeness (QED) is 0.450. The summed E-state index contributed by atoms with van der Waals surface area (Å²) in [6, 6.07) is 1.74. The Bertz CT molecular complexity index is 454. The minimum atomic E-state index is -0.627. The van der Waals surface area contributed by atoms with E-state index in [9.17, 15) is 9.59 Å². The zero-order chi connectivity index (χ0) is 9.84. The van der Waals surface area contributed by atoms with Crippen LogP contribution in [0.15, 0.2) is 15.8 Å². The van der Waals surface area contributed by atoms with E-state index in [1.54, 1.807) is 6.07 Å². The number of H-pyrrole nitrogens is 1. The van der Waals surface area contributed by atoms with E-state index in [1.807, 2.05) is 6.92 Å². The Hall–Kier alpha value is -1.10. The maximum absolute atomic E-state index is 11.4. The van der Waals surface area contributed by atoms with Gasteiger partial charge >= 0.3 is 84.5 Å². The molecule has 0 radical (unpaired) electrons. The Morgan fingerprint density at radius 3 is 2.92 bits per heavy atom. The summed E-state index contributed by atoms with van der Waals surface area (Å²) in [5.74, 6) is 0. The number of alkyl halides is 1. The molecule has 0 atom stereocenters.